The van der Waals surface area contributed by atoms with Gasteiger partial charge in [-0.3, -0.25) is 14.4 Å². The number of carbonyl (C=O) groups excluding carboxylic acids is 2. The van der Waals surface area contributed by atoms with E-state index in [0.29, 0.717) is 10.6 Å². The minimum absolute atomic E-state index is 0.140. The summed E-state index contributed by atoms with van der Waals surface area (Å²) in [6.45, 7) is 0. The fourth-order valence-electron chi connectivity index (χ4n) is 4.32. The number of amides is 2. The number of fused-ring (bicyclic) bond motifs is 1. The number of hydroxylamine groups is 1. The molecule has 5 nitrogen and oxygen atoms in total. The lowest BCUT2D eigenvalue weighted by atomic mass is 9.90. The second kappa shape index (κ2) is 7.70. The molecule has 0 saturated carbocycles. The zero-order valence-corrected chi connectivity index (χ0v) is 16.9. The fourth-order valence-corrected chi connectivity index (χ4v) is 4.32. The molecule has 0 unspecified atom stereocenters. The summed E-state index contributed by atoms with van der Waals surface area (Å²) in [5.74, 6) is -3.30. The molecule has 2 aliphatic rings. The number of hydrogen-bond donors (Lipinski definition) is 0. The van der Waals surface area contributed by atoms with E-state index in [-0.39, 0.29) is 11.3 Å². The van der Waals surface area contributed by atoms with Gasteiger partial charge in [0.2, 0.25) is 5.91 Å². The maximum atomic E-state index is 14.8. The number of halogens is 4. The Balaban J connectivity index is 1.59. The Hall–Kier alpha value is -3.72. The first-order valence-electron chi connectivity index (χ1n) is 10.1. The normalized spacial score (nSPS) is 22.7. The minimum Gasteiger partial charge on any atom is -0.273 e. The van der Waals surface area contributed by atoms with Crippen LogP contribution >= 0.6 is 0 Å². The van der Waals surface area contributed by atoms with Gasteiger partial charge in [0.1, 0.15) is 11.7 Å². The van der Waals surface area contributed by atoms with Crippen LogP contribution in [0.4, 0.5) is 28.9 Å². The number of alkyl halides is 3. The van der Waals surface area contributed by atoms with E-state index in [1.165, 1.54) is 29.3 Å². The summed E-state index contributed by atoms with van der Waals surface area (Å²) in [6, 6.07) is 17.4. The van der Waals surface area contributed by atoms with Crippen molar-refractivity contribution in [3.63, 3.8) is 0 Å². The van der Waals surface area contributed by atoms with Gasteiger partial charge in [-0.1, -0.05) is 42.5 Å². The molecule has 2 aliphatic heterocycles. The van der Waals surface area contributed by atoms with E-state index in [1.54, 1.807) is 36.4 Å². The average molecular weight is 456 g/mol. The molecule has 0 bridgehead atoms. The second-order valence-electron chi connectivity index (χ2n) is 7.74. The molecule has 2 heterocycles. The summed E-state index contributed by atoms with van der Waals surface area (Å²) in [5, 5.41) is 1.33. The van der Waals surface area contributed by atoms with E-state index < -0.39 is 47.4 Å². The van der Waals surface area contributed by atoms with Crippen molar-refractivity contribution in [3.8, 4) is 0 Å². The number of hydrogen-bond acceptors (Lipinski definition) is 4. The lowest BCUT2D eigenvalue weighted by Crippen LogP contribution is -2.37. The van der Waals surface area contributed by atoms with Crippen LogP contribution in [0.15, 0.2) is 78.9 Å². The van der Waals surface area contributed by atoms with Gasteiger partial charge in [-0.2, -0.15) is 13.2 Å². The van der Waals surface area contributed by atoms with Crippen molar-refractivity contribution in [2.24, 2.45) is 5.92 Å². The van der Waals surface area contributed by atoms with Gasteiger partial charge in [-0.15, -0.1) is 0 Å². The van der Waals surface area contributed by atoms with E-state index in [1.807, 2.05) is 0 Å². The molecule has 0 spiro atoms. The standard InChI is InChI=1S/C24H16F4N2O3/c25-18-12-5-4-11-17(18)20-19-21(33-30(20)15-8-2-1-3-9-15)23(32)29(22(19)31)16-10-6-7-14(13-16)24(26,27)28/h1-13,19-21H/t19-,20-,21-/m1/s1. The summed E-state index contributed by atoms with van der Waals surface area (Å²) < 4.78 is 54.4. The topological polar surface area (TPSA) is 49.9 Å². The molecule has 0 aromatic heterocycles. The van der Waals surface area contributed by atoms with E-state index in [4.69, 9.17) is 4.84 Å². The molecule has 3 atom stereocenters. The molecule has 2 fully saturated rings. The fraction of sp³-hybridized carbons (Fsp3) is 0.167. The summed E-state index contributed by atoms with van der Waals surface area (Å²) >= 11 is 0. The molecule has 33 heavy (non-hydrogen) atoms. The number of benzene rings is 3. The quantitative estimate of drug-likeness (QED) is 0.416. The van der Waals surface area contributed by atoms with Gasteiger partial charge in [0.15, 0.2) is 6.10 Å². The predicted octanol–water partition coefficient (Wildman–Crippen LogP) is 4.90. The molecule has 9 heteroatoms. The van der Waals surface area contributed by atoms with Crippen LogP contribution in [0.3, 0.4) is 0 Å². The van der Waals surface area contributed by atoms with Crippen LogP contribution in [0, 0.1) is 11.7 Å². The minimum atomic E-state index is -4.64. The van der Waals surface area contributed by atoms with E-state index >= 15 is 0 Å². The first kappa shape index (κ1) is 21.1. The number of rotatable bonds is 3. The SMILES string of the molecule is O=C1[C@@H]2[C@@H](c3ccccc3F)N(c3ccccc3)O[C@H]2C(=O)N1c1cccc(C(F)(F)F)c1. The summed E-state index contributed by atoms with van der Waals surface area (Å²) in [4.78, 5) is 33.2. The second-order valence-corrected chi connectivity index (χ2v) is 7.74. The van der Waals surface area contributed by atoms with E-state index in [2.05, 4.69) is 0 Å². The summed E-state index contributed by atoms with van der Waals surface area (Å²) in [6.07, 6.45) is -5.95. The third kappa shape index (κ3) is 3.45. The Morgan fingerprint density at radius 2 is 1.45 bits per heavy atom. The van der Waals surface area contributed by atoms with E-state index in [9.17, 15) is 27.2 Å². The molecule has 0 radical (unpaired) electrons. The highest BCUT2D eigenvalue weighted by molar-refractivity contribution is 6.24. The van der Waals surface area contributed by atoms with Crippen molar-refractivity contribution >= 4 is 23.2 Å². The van der Waals surface area contributed by atoms with Crippen molar-refractivity contribution in [1.82, 2.24) is 0 Å². The molecule has 0 N–H and O–H groups in total. The lowest BCUT2D eigenvalue weighted by molar-refractivity contribution is -0.137. The third-order valence-electron chi connectivity index (χ3n) is 5.78. The monoisotopic (exact) mass is 456 g/mol. The predicted molar refractivity (Wildman–Crippen MR) is 110 cm³/mol. The number of para-hydroxylation sites is 1. The number of nitrogens with zero attached hydrogens (tertiary/aromatic N) is 2. The highest BCUT2D eigenvalue weighted by Gasteiger charge is 2.60. The molecule has 3 aromatic rings. The van der Waals surface area contributed by atoms with Crippen LogP contribution in [-0.2, 0) is 20.6 Å². The van der Waals surface area contributed by atoms with Gasteiger partial charge in [0, 0.05) is 5.56 Å². The Morgan fingerprint density at radius 1 is 0.788 bits per heavy atom. The number of carbonyl (C=O) groups is 2. The first-order chi connectivity index (χ1) is 15.8. The van der Waals surface area contributed by atoms with Gasteiger partial charge in [-0.25, -0.2) is 14.4 Å². The molecule has 2 saturated heterocycles. The van der Waals surface area contributed by atoms with Gasteiger partial charge >= 0.3 is 6.18 Å². The van der Waals surface area contributed by atoms with Crippen LogP contribution in [-0.4, -0.2) is 17.9 Å². The van der Waals surface area contributed by atoms with Crippen molar-refractivity contribution < 1.29 is 32.0 Å². The maximum absolute atomic E-state index is 14.8. The van der Waals surface area contributed by atoms with Crippen LogP contribution in [0.25, 0.3) is 0 Å². The van der Waals surface area contributed by atoms with Crippen molar-refractivity contribution in [3.05, 3.63) is 95.8 Å². The molecule has 5 rings (SSSR count). The Kier molecular flexibility index (Phi) is 4.93. The summed E-state index contributed by atoms with van der Waals surface area (Å²) in [7, 11) is 0. The maximum Gasteiger partial charge on any atom is 0.416 e. The lowest BCUT2D eigenvalue weighted by Gasteiger charge is -2.29. The largest absolute Gasteiger partial charge is 0.416 e. The average Bonchev–Trinajstić information content (AvgIpc) is 3.30. The highest BCUT2D eigenvalue weighted by Crippen LogP contribution is 2.48. The molecular formula is C24H16F4N2O3. The van der Waals surface area contributed by atoms with Crippen LogP contribution in [0.2, 0.25) is 0 Å². The molecular weight excluding hydrogens is 440 g/mol. The highest BCUT2D eigenvalue weighted by atomic mass is 19.4. The Labute approximate surface area is 185 Å². The third-order valence-corrected chi connectivity index (χ3v) is 5.78. The number of anilines is 2. The van der Waals surface area contributed by atoms with Crippen LogP contribution < -0.4 is 9.96 Å². The molecule has 168 valence electrons. The van der Waals surface area contributed by atoms with Crippen LogP contribution in [0.1, 0.15) is 17.2 Å². The van der Waals surface area contributed by atoms with Gasteiger partial charge in [0.25, 0.3) is 5.91 Å². The van der Waals surface area contributed by atoms with E-state index in [0.717, 1.165) is 18.2 Å². The Morgan fingerprint density at radius 3 is 2.15 bits per heavy atom. The smallest absolute Gasteiger partial charge is 0.273 e. The van der Waals surface area contributed by atoms with Gasteiger partial charge < -0.3 is 0 Å². The first-order valence-corrected chi connectivity index (χ1v) is 10.1. The van der Waals surface area contributed by atoms with Gasteiger partial charge in [-0.05, 0) is 36.4 Å². The molecule has 3 aromatic carbocycles. The zero-order chi connectivity index (χ0) is 23.3. The molecule has 0 aliphatic carbocycles. The molecule has 2 amide bonds. The van der Waals surface area contributed by atoms with Crippen molar-refractivity contribution in [2.45, 2.75) is 18.3 Å². The Bertz CT molecular complexity index is 1230. The van der Waals surface area contributed by atoms with Gasteiger partial charge in [0.05, 0.1) is 23.0 Å². The zero-order valence-electron chi connectivity index (χ0n) is 16.9. The summed E-state index contributed by atoms with van der Waals surface area (Å²) in [5.41, 5.74) is -0.557. The van der Waals surface area contributed by atoms with Crippen molar-refractivity contribution in [2.75, 3.05) is 9.96 Å². The van der Waals surface area contributed by atoms with Crippen LogP contribution in [0.5, 0.6) is 0 Å². The number of imide groups is 1. The van der Waals surface area contributed by atoms with Crippen molar-refractivity contribution in [1.29, 1.82) is 0 Å².